The average Bonchev–Trinajstić information content (AvgIpc) is 2.53. The standard InChI is InChI=1S/C11H10FN/c1-8-6-7-11(13-8)9-4-2-3-5-10(9)12/h2-7,13H,1H3. The van der Waals surface area contributed by atoms with Crippen LogP contribution in [0.5, 0.6) is 0 Å². The molecule has 0 aliphatic rings. The second-order valence-corrected chi connectivity index (χ2v) is 3.03. The second-order valence-electron chi connectivity index (χ2n) is 3.03. The van der Waals surface area contributed by atoms with Crippen LogP contribution in [-0.2, 0) is 0 Å². The Labute approximate surface area is 76.2 Å². The number of aromatic amines is 1. The quantitative estimate of drug-likeness (QED) is 0.685. The fourth-order valence-electron chi connectivity index (χ4n) is 1.34. The Balaban J connectivity index is 2.52. The number of benzene rings is 1. The molecule has 13 heavy (non-hydrogen) atoms. The molecule has 2 aromatic rings. The van der Waals surface area contributed by atoms with Gasteiger partial charge in [-0.1, -0.05) is 12.1 Å². The molecule has 1 aromatic heterocycles. The van der Waals surface area contributed by atoms with Gasteiger partial charge in [0.15, 0.2) is 0 Å². The number of nitrogens with one attached hydrogen (secondary N) is 1. The van der Waals surface area contributed by atoms with Crippen molar-refractivity contribution < 1.29 is 4.39 Å². The van der Waals surface area contributed by atoms with Crippen LogP contribution in [0.25, 0.3) is 11.3 Å². The molecule has 0 fully saturated rings. The first-order chi connectivity index (χ1) is 6.27. The van der Waals surface area contributed by atoms with Gasteiger partial charge in [0.05, 0.1) is 0 Å². The van der Waals surface area contributed by atoms with Crippen molar-refractivity contribution in [3.8, 4) is 11.3 Å². The zero-order valence-electron chi connectivity index (χ0n) is 7.34. The van der Waals surface area contributed by atoms with E-state index in [9.17, 15) is 4.39 Å². The normalized spacial score (nSPS) is 10.3. The summed E-state index contributed by atoms with van der Waals surface area (Å²) >= 11 is 0. The van der Waals surface area contributed by atoms with Gasteiger partial charge in [0.1, 0.15) is 5.82 Å². The topological polar surface area (TPSA) is 15.8 Å². The number of H-pyrrole nitrogens is 1. The zero-order valence-corrected chi connectivity index (χ0v) is 7.34. The molecule has 66 valence electrons. The third-order valence-corrected chi connectivity index (χ3v) is 2.00. The van der Waals surface area contributed by atoms with Crippen LogP contribution in [0.4, 0.5) is 4.39 Å². The fourth-order valence-corrected chi connectivity index (χ4v) is 1.34. The van der Waals surface area contributed by atoms with E-state index in [0.717, 1.165) is 11.4 Å². The first-order valence-electron chi connectivity index (χ1n) is 4.18. The summed E-state index contributed by atoms with van der Waals surface area (Å²) in [5.74, 6) is -0.190. The summed E-state index contributed by atoms with van der Waals surface area (Å²) in [6, 6.07) is 10.6. The van der Waals surface area contributed by atoms with Crippen LogP contribution in [-0.4, -0.2) is 4.98 Å². The first-order valence-corrected chi connectivity index (χ1v) is 4.18. The third-order valence-electron chi connectivity index (χ3n) is 2.00. The Hall–Kier alpha value is -1.57. The van der Waals surface area contributed by atoms with Gasteiger partial charge in [-0.05, 0) is 31.2 Å². The lowest BCUT2D eigenvalue weighted by atomic mass is 10.1. The van der Waals surface area contributed by atoms with Crippen LogP contribution < -0.4 is 0 Å². The molecule has 0 saturated heterocycles. The molecule has 0 atom stereocenters. The highest BCUT2D eigenvalue weighted by atomic mass is 19.1. The number of halogens is 1. The molecule has 0 saturated carbocycles. The molecular formula is C11H10FN. The van der Waals surface area contributed by atoms with Gasteiger partial charge in [0.2, 0.25) is 0 Å². The van der Waals surface area contributed by atoms with E-state index in [0.29, 0.717) is 5.56 Å². The maximum absolute atomic E-state index is 13.3. The number of hydrogen-bond acceptors (Lipinski definition) is 0. The molecule has 1 heterocycles. The molecule has 2 rings (SSSR count). The number of rotatable bonds is 1. The molecular weight excluding hydrogens is 165 g/mol. The van der Waals surface area contributed by atoms with E-state index < -0.39 is 0 Å². The predicted octanol–water partition coefficient (Wildman–Crippen LogP) is 3.13. The van der Waals surface area contributed by atoms with E-state index in [1.165, 1.54) is 6.07 Å². The van der Waals surface area contributed by atoms with Gasteiger partial charge in [-0.2, -0.15) is 0 Å². The molecule has 1 aromatic carbocycles. The van der Waals surface area contributed by atoms with Crippen LogP contribution >= 0.6 is 0 Å². The summed E-state index contributed by atoms with van der Waals surface area (Å²) in [5.41, 5.74) is 2.49. The van der Waals surface area contributed by atoms with Crippen LogP contribution in [0.1, 0.15) is 5.69 Å². The lowest BCUT2D eigenvalue weighted by Gasteiger charge is -1.98. The van der Waals surface area contributed by atoms with E-state index in [2.05, 4.69) is 4.98 Å². The van der Waals surface area contributed by atoms with E-state index in [-0.39, 0.29) is 5.82 Å². The van der Waals surface area contributed by atoms with Crippen molar-refractivity contribution in [3.05, 3.63) is 47.9 Å². The average molecular weight is 175 g/mol. The SMILES string of the molecule is Cc1ccc(-c2ccccc2F)[nH]1. The molecule has 1 nitrogen and oxygen atoms in total. The van der Waals surface area contributed by atoms with Gasteiger partial charge in [0.25, 0.3) is 0 Å². The van der Waals surface area contributed by atoms with Crippen molar-refractivity contribution in [2.45, 2.75) is 6.92 Å². The van der Waals surface area contributed by atoms with Crippen molar-refractivity contribution in [1.29, 1.82) is 0 Å². The van der Waals surface area contributed by atoms with Crippen LogP contribution in [0.15, 0.2) is 36.4 Å². The summed E-state index contributed by atoms with van der Waals surface area (Å²) in [4.78, 5) is 3.09. The van der Waals surface area contributed by atoms with Gasteiger partial charge < -0.3 is 4.98 Å². The Morgan fingerprint density at radius 3 is 2.46 bits per heavy atom. The van der Waals surface area contributed by atoms with E-state index >= 15 is 0 Å². The van der Waals surface area contributed by atoms with Crippen LogP contribution in [0.2, 0.25) is 0 Å². The van der Waals surface area contributed by atoms with Crippen LogP contribution in [0, 0.1) is 12.7 Å². The molecule has 0 unspecified atom stereocenters. The van der Waals surface area contributed by atoms with Crippen molar-refractivity contribution >= 4 is 0 Å². The maximum atomic E-state index is 13.3. The van der Waals surface area contributed by atoms with E-state index in [1.807, 2.05) is 25.1 Å². The smallest absolute Gasteiger partial charge is 0.132 e. The minimum absolute atomic E-state index is 0.190. The monoisotopic (exact) mass is 175 g/mol. The van der Waals surface area contributed by atoms with Gasteiger partial charge >= 0.3 is 0 Å². The summed E-state index contributed by atoms with van der Waals surface area (Å²) in [6.45, 7) is 1.95. The molecule has 0 aliphatic carbocycles. The Kier molecular flexibility index (Phi) is 1.89. The largest absolute Gasteiger partial charge is 0.359 e. The van der Waals surface area contributed by atoms with Gasteiger partial charge in [-0.3, -0.25) is 0 Å². The molecule has 0 spiro atoms. The Bertz CT molecular complexity index is 418. The second kappa shape index (κ2) is 3.05. The van der Waals surface area contributed by atoms with Gasteiger partial charge in [0, 0.05) is 17.0 Å². The van der Waals surface area contributed by atoms with Gasteiger partial charge in [-0.15, -0.1) is 0 Å². The highest BCUT2D eigenvalue weighted by Crippen LogP contribution is 2.20. The molecule has 0 aliphatic heterocycles. The maximum Gasteiger partial charge on any atom is 0.132 e. The molecule has 2 heteroatoms. The van der Waals surface area contributed by atoms with E-state index in [4.69, 9.17) is 0 Å². The third kappa shape index (κ3) is 1.47. The highest BCUT2D eigenvalue weighted by Gasteiger charge is 2.03. The van der Waals surface area contributed by atoms with Crippen molar-refractivity contribution in [2.24, 2.45) is 0 Å². The fraction of sp³-hybridized carbons (Fsp3) is 0.0909. The molecule has 1 N–H and O–H groups in total. The zero-order chi connectivity index (χ0) is 9.26. The van der Waals surface area contributed by atoms with Gasteiger partial charge in [-0.25, -0.2) is 4.39 Å². The van der Waals surface area contributed by atoms with Crippen molar-refractivity contribution in [3.63, 3.8) is 0 Å². The molecule has 0 bridgehead atoms. The summed E-state index contributed by atoms with van der Waals surface area (Å²) < 4.78 is 13.3. The van der Waals surface area contributed by atoms with Crippen LogP contribution in [0.3, 0.4) is 0 Å². The minimum atomic E-state index is -0.190. The summed E-state index contributed by atoms with van der Waals surface area (Å²) in [6.07, 6.45) is 0. The number of aryl methyl sites for hydroxylation is 1. The Morgan fingerprint density at radius 2 is 1.85 bits per heavy atom. The summed E-state index contributed by atoms with van der Waals surface area (Å²) in [5, 5.41) is 0. The minimum Gasteiger partial charge on any atom is -0.359 e. The lowest BCUT2D eigenvalue weighted by Crippen LogP contribution is -1.82. The summed E-state index contributed by atoms with van der Waals surface area (Å²) in [7, 11) is 0. The molecule has 0 amide bonds. The number of hydrogen-bond donors (Lipinski definition) is 1. The lowest BCUT2D eigenvalue weighted by molar-refractivity contribution is 0.631. The predicted molar refractivity (Wildman–Crippen MR) is 50.9 cm³/mol. The Morgan fingerprint density at radius 1 is 1.08 bits per heavy atom. The molecule has 0 radical (unpaired) electrons. The van der Waals surface area contributed by atoms with Crippen molar-refractivity contribution in [2.75, 3.05) is 0 Å². The highest BCUT2D eigenvalue weighted by molar-refractivity contribution is 5.60. The first kappa shape index (κ1) is 8.05. The number of aromatic nitrogens is 1. The van der Waals surface area contributed by atoms with E-state index in [1.54, 1.807) is 12.1 Å². The van der Waals surface area contributed by atoms with Crippen molar-refractivity contribution in [1.82, 2.24) is 4.98 Å².